The van der Waals surface area contributed by atoms with E-state index >= 15 is 0 Å². The van der Waals surface area contributed by atoms with E-state index in [9.17, 15) is 14.4 Å². The molecule has 0 unspecified atom stereocenters. The molecule has 3 aliphatic rings. The lowest BCUT2D eigenvalue weighted by molar-refractivity contribution is -0.133. The first-order valence-corrected chi connectivity index (χ1v) is 11.4. The van der Waals surface area contributed by atoms with Gasteiger partial charge in [-0.25, -0.2) is 9.48 Å². The lowest BCUT2D eigenvalue weighted by atomic mass is 9.88. The fourth-order valence-corrected chi connectivity index (χ4v) is 4.91. The number of fused-ring (bicyclic) bond motifs is 1. The van der Waals surface area contributed by atoms with E-state index in [1.54, 1.807) is 9.47 Å². The van der Waals surface area contributed by atoms with Crippen LogP contribution < -0.4 is 11.0 Å². The molecule has 160 valence electrons. The van der Waals surface area contributed by atoms with Gasteiger partial charge < -0.3 is 10.2 Å². The second-order valence-corrected chi connectivity index (χ2v) is 8.82. The number of aryl methyl sites for hydroxylation is 1. The molecule has 0 aromatic carbocycles. The summed E-state index contributed by atoms with van der Waals surface area (Å²) in [6, 6.07) is 0.153. The molecular formula is C21H33N5O3. The predicted molar refractivity (Wildman–Crippen MR) is 108 cm³/mol. The van der Waals surface area contributed by atoms with Gasteiger partial charge in [-0.05, 0) is 38.5 Å². The van der Waals surface area contributed by atoms with Gasteiger partial charge in [-0.1, -0.05) is 25.7 Å². The topological polar surface area (TPSA) is 89.2 Å². The molecule has 1 aromatic heterocycles. The van der Waals surface area contributed by atoms with Crippen LogP contribution in [-0.4, -0.2) is 50.2 Å². The molecule has 2 fully saturated rings. The van der Waals surface area contributed by atoms with Crippen LogP contribution in [0.3, 0.4) is 0 Å². The zero-order chi connectivity index (χ0) is 20.2. The van der Waals surface area contributed by atoms with Crippen molar-refractivity contribution in [3.8, 4) is 0 Å². The zero-order valence-electron chi connectivity index (χ0n) is 17.3. The average Bonchev–Trinajstić information content (AvgIpc) is 2.90. The number of piperidine rings is 1. The molecule has 3 heterocycles. The van der Waals surface area contributed by atoms with E-state index in [0.29, 0.717) is 19.6 Å². The van der Waals surface area contributed by atoms with Crippen molar-refractivity contribution in [2.24, 2.45) is 5.92 Å². The lowest BCUT2D eigenvalue weighted by Crippen LogP contribution is -2.49. The van der Waals surface area contributed by atoms with Crippen molar-refractivity contribution in [2.45, 2.75) is 89.8 Å². The minimum absolute atomic E-state index is 0.0118. The van der Waals surface area contributed by atoms with E-state index in [0.717, 1.165) is 70.0 Å². The summed E-state index contributed by atoms with van der Waals surface area (Å²) < 4.78 is 3.06. The molecule has 0 atom stereocenters. The molecule has 1 saturated carbocycles. The number of carbonyl (C=O) groups is 2. The Kier molecular flexibility index (Phi) is 6.35. The Balaban J connectivity index is 1.27. The maximum absolute atomic E-state index is 12.7. The van der Waals surface area contributed by atoms with Crippen LogP contribution in [0, 0.1) is 5.92 Å². The Morgan fingerprint density at radius 3 is 2.41 bits per heavy atom. The van der Waals surface area contributed by atoms with Crippen LogP contribution in [0.4, 0.5) is 0 Å². The molecule has 8 heteroatoms. The number of hydrogen-bond donors (Lipinski definition) is 1. The number of likely N-dealkylation sites (tertiary alicyclic amines) is 1. The maximum Gasteiger partial charge on any atom is 0.346 e. The number of amides is 2. The maximum atomic E-state index is 12.7. The zero-order valence-corrected chi connectivity index (χ0v) is 17.3. The number of nitrogens with one attached hydrogen (secondary N) is 1. The fourth-order valence-electron chi connectivity index (χ4n) is 4.91. The molecule has 0 radical (unpaired) electrons. The van der Waals surface area contributed by atoms with Crippen molar-refractivity contribution < 1.29 is 9.59 Å². The fraction of sp³-hybridized carbons (Fsp3) is 0.810. The molecule has 4 rings (SSSR count). The van der Waals surface area contributed by atoms with Crippen molar-refractivity contribution in [1.82, 2.24) is 24.6 Å². The smallest absolute Gasteiger partial charge is 0.346 e. The van der Waals surface area contributed by atoms with Gasteiger partial charge in [0, 0.05) is 38.0 Å². The average molecular weight is 404 g/mol. The quantitative estimate of drug-likeness (QED) is 0.824. The number of aromatic nitrogens is 3. The highest BCUT2D eigenvalue weighted by Gasteiger charge is 2.28. The van der Waals surface area contributed by atoms with Crippen molar-refractivity contribution in [1.29, 1.82) is 0 Å². The normalized spacial score (nSPS) is 21.4. The largest absolute Gasteiger partial charge is 0.353 e. The molecular weight excluding hydrogens is 370 g/mol. The first-order chi connectivity index (χ1) is 14.1. The van der Waals surface area contributed by atoms with E-state index in [2.05, 4.69) is 10.4 Å². The molecule has 0 bridgehead atoms. The van der Waals surface area contributed by atoms with E-state index in [1.807, 2.05) is 0 Å². The lowest BCUT2D eigenvalue weighted by Gasteiger charge is -2.33. The number of rotatable bonds is 4. The van der Waals surface area contributed by atoms with Gasteiger partial charge in [0.2, 0.25) is 11.8 Å². The van der Waals surface area contributed by atoms with Gasteiger partial charge in [-0.3, -0.25) is 14.2 Å². The van der Waals surface area contributed by atoms with Crippen LogP contribution >= 0.6 is 0 Å². The van der Waals surface area contributed by atoms with Crippen molar-refractivity contribution in [3.05, 3.63) is 16.3 Å². The highest BCUT2D eigenvalue weighted by atomic mass is 16.2. The molecule has 1 saturated heterocycles. The van der Waals surface area contributed by atoms with Gasteiger partial charge >= 0.3 is 5.69 Å². The van der Waals surface area contributed by atoms with Crippen LogP contribution in [0.5, 0.6) is 0 Å². The number of nitrogens with zero attached hydrogens (tertiary/aromatic N) is 4. The Hall–Kier alpha value is -2.12. The monoisotopic (exact) mass is 403 g/mol. The molecule has 8 nitrogen and oxygen atoms in total. The van der Waals surface area contributed by atoms with Crippen LogP contribution in [0.25, 0.3) is 0 Å². The third kappa shape index (κ3) is 4.73. The van der Waals surface area contributed by atoms with Gasteiger partial charge in [0.1, 0.15) is 12.4 Å². The summed E-state index contributed by atoms with van der Waals surface area (Å²) in [5, 5.41) is 7.61. The molecule has 0 spiro atoms. The van der Waals surface area contributed by atoms with Crippen LogP contribution in [0.2, 0.25) is 0 Å². The third-order valence-corrected chi connectivity index (χ3v) is 6.74. The first kappa shape index (κ1) is 20.2. The molecule has 1 aliphatic carbocycles. The van der Waals surface area contributed by atoms with E-state index in [4.69, 9.17) is 0 Å². The standard InChI is InChI=1S/C21H33N5O3/c27-19(15-26-21(29)25-12-6-2-5-9-18(25)23-26)24-13-10-17(11-14-24)22-20(28)16-7-3-1-4-8-16/h16-17H,1-15H2,(H,22,28). The first-order valence-electron chi connectivity index (χ1n) is 11.4. The van der Waals surface area contributed by atoms with Crippen molar-refractivity contribution >= 4 is 11.8 Å². The van der Waals surface area contributed by atoms with Crippen LogP contribution in [0.1, 0.15) is 70.0 Å². The van der Waals surface area contributed by atoms with E-state index in [-0.39, 0.29) is 36.0 Å². The molecule has 2 amide bonds. The van der Waals surface area contributed by atoms with E-state index in [1.165, 1.54) is 11.1 Å². The Bertz CT molecular complexity index is 785. The summed E-state index contributed by atoms with van der Waals surface area (Å²) in [6.45, 7) is 1.96. The van der Waals surface area contributed by atoms with Crippen LogP contribution in [-0.2, 0) is 29.1 Å². The highest BCUT2D eigenvalue weighted by Crippen LogP contribution is 2.24. The van der Waals surface area contributed by atoms with E-state index < -0.39 is 0 Å². The third-order valence-electron chi connectivity index (χ3n) is 6.74. The molecule has 2 aliphatic heterocycles. The molecule has 29 heavy (non-hydrogen) atoms. The summed E-state index contributed by atoms with van der Waals surface area (Å²) in [5.74, 6) is 1.12. The van der Waals surface area contributed by atoms with Gasteiger partial charge in [-0.15, -0.1) is 0 Å². The predicted octanol–water partition coefficient (Wildman–Crippen LogP) is 1.46. The SMILES string of the molecule is O=C(NC1CCN(C(=O)Cn2nc3n(c2=O)CCCCC3)CC1)C1CCCCC1. The highest BCUT2D eigenvalue weighted by molar-refractivity contribution is 5.79. The second kappa shape index (κ2) is 9.13. The van der Waals surface area contributed by atoms with Gasteiger partial charge in [0.25, 0.3) is 0 Å². The van der Waals surface area contributed by atoms with Crippen molar-refractivity contribution in [2.75, 3.05) is 13.1 Å². The Morgan fingerprint density at radius 1 is 0.931 bits per heavy atom. The minimum atomic E-state index is -0.162. The van der Waals surface area contributed by atoms with Crippen LogP contribution in [0.15, 0.2) is 4.79 Å². The number of carbonyl (C=O) groups excluding carboxylic acids is 2. The summed E-state index contributed by atoms with van der Waals surface area (Å²) in [7, 11) is 0. The molecule has 1 N–H and O–H groups in total. The van der Waals surface area contributed by atoms with Crippen molar-refractivity contribution in [3.63, 3.8) is 0 Å². The van der Waals surface area contributed by atoms with Gasteiger partial charge in [0.15, 0.2) is 0 Å². The minimum Gasteiger partial charge on any atom is -0.353 e. The summed E-state index contributed by atoms with van der Waals surface area (Å²) in [4.78, 5) is 39.5. The summed E-state index contributed by atoms with van der Waals surface area (Å²) in [6.07, 6.45) is 11.1. The second-order valence-electron chi connectivity index (χ2n) is 8.82. The van der Waals surface area contributed by atoms with Gasteiger partial charge in [0.05, 0.1) is 0 Å². The Morgan fingerprint density at radius 2 is 1.66 bits per heavy atom. The summed E-state index contributed by atoms with van der Waals surface area (Å²) in [5.41, 5.74) is -0.162. The summed E-state index contributed by atoms with van der Waals surface area (Å²) >= 11 is 0. The molecule has 1 aromatic rings. The van der Waals surface area contributed by atoms with Gasteiger partial charge in [-0.2, -0.15) is 5.10 Å². The Labute approximate surface area is 171 Å². The number of hydrogen-bond acceptors (Lipinski definition) is 4.